The number of alkyl halides is 2. The minimum atomic E-state index is -3.12. The van der Waals surface area contributed by atoms with Crippen molar-refractivity contribution in [3.8, 4) is 22.8 Å². The van der Waals surface area contributed by atoms with Crippen LogP contribution in [0.5, 0.6) is 5.75 Å². The van der Waals surface area contributed by atoms with E-state index in [-0.39, 0.29) is 30.6 Å². The first-order valence-electron chi connectivity index (χ1n) is 13.9. The minimum absolute atomic E-state index is 0.00201. The van der Waals surface area contributed by atoms with Gasteiger partial charge in [-0.05, 0) is 32.4 Å². The van der Waals surface area contributed by atoms with Crippen LogP contribution in [0.25, 0.3) is 28.0 Å². The van der Waals surface area contributed by atoms with Gasteiger partial charge in [-0.25, -0.2) is 26.9 Å². The standard InChI is InChI=1S/C29H33F2N7O3S/c1-17-22-14-33-38(25(22)11-24(34-17)23-13-32-8-6-26(23)41-3)28-10-21(37-15-19(18(37)2)16-42(4,39)40)9-27(36-28)35-20-5-7-29(30,31)12-20/h6,8-11,13-14,18-20H,5,7,12,15-16H2,1-4H3,(H,35,36)/t18-,19-,20?/m1/s1. The lowest BCUT2D eigenvalue weighted by Crippen LogP contribution is -2.57. The van der Waals surface area contributed by atoms with Crippen LogP contribution in [0.15, 0.2) is 42.9 Å². The Labute approximate surface area is 243 Å². The molecule has 1 saturated carbocycles. The Morgan fingerprint density at radius 1 is 1.19 bits per heavy atom. The van der Waals surface area contributed by atoms with Gasteiger partial charge in [0.2, 0.25) is 5.92 Å². The molecule has 10 nitrogen and oxygen atoms in total. The lowest BCUT2D eigenvalue weighted by atomic mass is 9.91. The maximum Gasteiger partial charge on any atom is 0.250 e. The zero-order valence-corrected chi connectivity index (χ0v) is 24.7. The largest absolute Gasteiger partial charge is 0.496 e. The summed E-state index contributed by atoms with van der Waals surface area (Å²) in [6, 6.07) is 6.99. The van der Waals surface area contributed by atoms with Gasteiger partial charge in [-0.1, -0.05) is 0 Å². The number of hydrogen-bond donors (Lipinski definition) is 1. The molecule has 222 valence electrons. The van der Waals surface area contributed by atoms with E-state index in [1.54, 1.807) is 36.4 Å². The number of sulfone groups is 1. The van der Waals surface area contributed by atoms with Crippen molar-refractivity contribution in [2.24, 2.45) is 5.92 Å². The molecule has 5 heterocycles. The second-order valence-corrected chi connectivity index (χ2v) is 13.6. The molecule has 1 aliphatic carbocycles. The lowest BCUT2D eigenvalue weighted by molar-refractivity contribution is 0.00851. The van der Waals surface area contributed by atoms with E-state index in [9.17, 15) is 17.2 Å². The first-order valence-corrected chi connectivity index (χ1v) is 15.9. The quantitative estimate of drug-likeness (QED) is 0.310. The van der Waals surface area contributed by atoms with Gasteiger partial charge in [0.1, 0.15) is 21.4 Å². The Morgan fingerprint density at radius 2 is 2.00 bits per heavy atom. The second kappa shape index (κ2) is 10.4. The van der Waals surface area contributed by atoms with Gasteiger partial charge in [0.05, 0.1) is 35.8 Å². The Kier molecular flexibility index (Phi) is 7.03. The number of anilines is 2. The van der Waals surface area contributed by atoms with Crippen LogP contribution < -0.4 is 15.0 Å². The molecule has 1 aliphatic heterocycles. The summed E-state index contributed by atoms with van der Waals surface area (Å²) in [5.74, 6) is -0.983. The fourth-order valence-corrected chi connectivity index (χ4v) is 7.15. The van der Waals surface area contributed by atoms with E-state index in [1.165, 1.54) is 6.26 Å². The molecule has 2 aliphatic rings. The zero-order valence-electron chi connectivity index (χ0n) is 23.9. The first kappa shape index (κ1) is 28.3. The first-order chi connectivity index (χ1) is 19.9. The molecular weight excluding hydrogens is 564 g/mol. The SMILES string of the molecule is COc1ccncc1-c1cc2c(cnn2-c2cc(N3C[C@H](CS(C)(=O)=O)[C@H]3C)cc(NC3CCC(F)(F)C3)n2)c(C)n1. The summed E-state index contributed by atoms with van der Waals surface area (Å²) in [7, 11) is -1.52. The number of pyridine rings is 3. The van der Waals surface area contributed by atoms with Crippen molar-refractivity contribution in [1.29, 1.82) is 0 Å². The van der Waals surface area contributed by atoms with E-state index in [4.69, 9.17) is 14.7 Å². The van der Waals surface area contributed by atoms with Crippen LogP contribution in [0.4, 0.5) is 20.3 Å². The van der Waals surface area contributed by atoms with Gasteiger partial charge in [-0.15, -0.1) is 0 Å². The molecule has 42 heavy (non-hydrogen) atoms. The van der Waals surface area contributed by atoms with Gasteiger partial charge in [0.15, 0.2) is 5.82 Å². The van der Waals surface area contributed by atoms with Crippen LogP contribution in [0.3, 0.4) is 0 Å². The van der Waals surface area contributed by atoms with Gasteiger partial charge in [-0.3, -0.25) is 9.97 Å². The van der Waals surface area contributed by atoms with Gasteiger partial charge in [0.25, 0.3) is 0 Å². The van der Waals surface area contributed by atoms with Crippen LogP contribution in [0, 0.1) is 12.8 Å². The summed E-state index contributed by atoms with van der Waals surface area (Å²) in [5, 5.41) is 8.71. The fourth-order valence-electron chi connectivity index (χ4n) is 5.99. The van der Waals surface area contributed by atoms with E-state index in [0.717, 1.165) is 27.8 Å². The molecule has 1 N–H and O–H groups in total. The highest BCUT2D eigenvalue weighted by Gasteiger charge is 2.40. The number of nitrogens with zero attached hydrogens (tertiary/aromatic N) is 6. The van der Waals surface area contributed by atoms with Crippen LogP contribution in [0.1, 0.15) is 31.9 Å². The molecule has 1 saturated heterocycles. The molecule has 2 fully saturated rings. The molecular formula is C29H33F2N7O3S. The molecule has 6 rings (SSSR count). The zero-order chi connectivity index (χ0) is 29.8. The third-order valence-corrected chi connectivity index (χ3v) is 9.29. The highest BCUT2D eigenvalue weighted by Crippen LogP contribution is 2.38. The number of hydrogen-bond acceptors (Lipinski definition) is 9. The summed E-state index contributed by atoms with van der Waals surface area (Å²) in [6.07, 6.45) is 6.26. The van der Waals surface area contributed by atoms with Crippen molar-refractivity contribution in [3.05, 3.63) is 48.5 Å². The van der Waals surface area contributed by atoms with Crippen molar-refractivity contribution in [2.75, 3.05) is 35.9 Å². The summed E-state index contributed by atoms with van der Waals surface area (Å²) in [5.41, 5.74) is 3.73. The van der Waals surface area contributed by atoms with E-state index in [0.29, 0.717) is 36.0 Å². The summed E-state index contributed by atoms with van der Waals surface area (Å²) in [4.78, 5) is 15.9. The average molecular weight is 598 g/mol. The van der Waals surface area contributed by atoms with E-state index in [1.807, 2.05) is 32.0 Å². The number of methoxy groups -OCH3 is 1. The highest BCUT2D eigenvalue weighted by atomic mass is 32.2. The fraction of sp³-hybridized carbons (Fsp3) is 0.448. The average Bonchev–Trinajstić information content (AvgIpc) is 3.52. The van der Waals surface area contributed by atoms with Gasteiger partial charge in [0, 0.05) is 84.9 Å². The topological polar surface area (TPSA) is 115 Å². The molecule has 0 amide bonds. The molecule has 0 bridgehead atoms. The third-order valence-electron chi connectivity index (χ3n) is 8.26. The number of halogens is 2. The number of aromatic nitrogens is 5. The predicted molar refractivity (Wildman–Crippen MR) is 157 cm³/mol. The monoisotopic (exact) mass is 597 g/mol. The molecule has 13 heteroatoms. The second-order valence-electron chi connectivity index (χ2n) is 11.4. The maximum atomic E-state index is 14.0. The van der Waals surface area contributed by atoms with E-state index in [2.05, 4.69) is 20.3 Å². The molecule has 4 aromatic rings. The van der Waals surface area contributed by atoms with Gasteiger partial charge in [-0.2, -0.15) is 5.10 Å². The summed E-state index contributed by atoms with van der Waals surface area (Å²) < 4.78 is 59.1. The van der Waals surface area contributed by atoms with E-state index >= 15 is 0 Å². The number of rotatable bonds is 8. The van der Waals surface area contributed by atoms with E-state index < -0.39 is 21.8 Å². The predicted octanol–water partition coefficient (Wildman–Crippen LogP) is 4.66. The van der Waals surface area contributed by atoms with Crippen LogP contribution in [0.2, 0.25) is 0 Å². The third kappa shape index (κ3) is 5.49. The van der Waals surface area contributed by atoms with Crippen molar-refractivity contribution in [2.45, 2.75) is 51.1 Å². The van der Waals surface area contributed by atoms with Crippen molar-refractivity contribution in [1.82, 2.24) is 24.7 Å². The molecule has 0 aromatic carbocycles. The molecule has 3 atom stereocenters. The molecule has 1 unspecified atom stereocenters. The van der Waals surface area contributed by atoms with Crippen molar-refractivity contribution < 1.29 is 21.9 Å². The number of nitrogens with one attached hydrogen (secondary N) is 1. The van der Waals surface area contributed by atoms with Crippen LogP contribution in [-0.2, 0) is 9.84 Å². The molecule has 0 spiro atoms. The minimum Gasteiger partial charge on any atom is -0.496 e. The van der Waals surface area contributed by atoms with Crippen molar-refractivity contribution in [3.63, 3.8) is 0 Å². The highest BCUT2D eigenvalue weighted by molar-refractivity contribution is 7.90. The molecule has 4 aromatic heterocycles. The number of aryl methyl sites for hydroxylation is 1. The summed E-state index contributed by atoms with van der Waals surface area (Å²) >= 11 is 0. The van der Waals surface area contributed by atoms with Crippen molar-refractivity contribution >= 4 is 32.2 Å². The van der Waals surface area contributed by atoms with Crippen LogP contribution in [-0.4, -0.2) is 76.8 Å². The Hall–Kier alpha value is -3.87. The number of ether oxygens (including phenoxy) is 1. The van der Waals surface area contributed by atoms with Crippen LogP contribution >= 0.6 is 0 Å². The Morgan fingerprint density at radius 3 is 2.69 bits per heavy atom. The number of fused-ring (bicyclic) bond motifs is 1. The normalized spacial score (nSPS) is 21.9. The maximum absolute atomic E-state index is 14.0. The Bertz CT molecular complexity index is 1760. The van der Waals surface area contributed by atoms with Gasteiger partial charge >= 0.3 is 0 Å². The molecule has 0 radical (unpaired) electrons. The summed E-state index contributed by atoms with van der Waals surface area (Å²) in [6.45, 7) is 4.46. The Balaban J connectivity index is 1.42. The lowest BCUT2D eigenvalue weighted by Gasteiger charge is -2.48. The van der Waals surface area contributed by atoms with Gasteiger partial charge < -0.3 is 15.0 Å². The smallest absolute Gasteiger partial charge is 0.250 e.